The van der Waals surface area contributed by atoms with Crippen LogP contribution >= 0.6 is 40.7 Å². The Morgan fingerprint density at radius 1 is 1.35 bits per heavy atom. The Hall–Kier alpha value is -0.000000000000000111. The number of nitrogens with zero attached hydrogens (tertiary/aromatic N) is 1. The van der Waals surface area contributed by atoms with E-state index in [0.29, 0.717) is 6.04 Å². The molecule has 1 aliphatic rings. The van der Waals surface area contributed by atoms with Crippen LogP contribution in [-0.4, -0.2) is 43.7 Å². The van der Waals surface area contributed by atoms with Crippen molar-refractivity contribution in [2.24, 2.45) is 0 Å². The zero-order valence-corrected chi connectivity index (χ0v) is 14.9. The van der Waals surface area contributed by atoms with Gasteiger partial charge < -0.3 is 15.0 Å². The molecule has 1 atom stereocenters. The maximum absolute atomic E-state index is 5.77. The van der Waals surface area contributed by atoms with Gasteiger partial charge in [-0.2, -0.15) is 0 Å². The minimum absolute atomic E-state index is 0. The minimum Gasteiger partial charge on any atom is -0.492 e. The fraction of sp³-hybridized carbons (Fsp3) is 0.571. The highest BCUT2D eigenvalue weighted by atomic mass is 79.9. The molecule has 1 saturated heterocycles. The molecule has 0 amide bonds. The molecule has 0 unspecified atom stereocenters. The van der Waals surface area contributed by atoms with Gasteiger partial charge in [-0.15, -0.1) is 24.8 Å². The van der Waals surface area contributed by atoms with Gasteiger partial charge in [-0.1, -0.05) is 12.1 Å². The SMILES string of the molecule is C[C@H]1CN(CCCOc2ccccc2Br)CCN1.Cl.Cl. The van der Waals surface area contributed by atoms with Gasteiger partial charge in [-0.05, 0) is 41.4 Å². The average Bonchev–Trinajstić information content (AvgIpc) is 2.37. The van der Waals surface area contributed by atoms with Gasteiger partial charge in [0.1, 0.15) is 5.75 Å². The zero-order valence-electron chi connectivity index (χ0n) is 11.7. The molecule has 1 heterocycles. The molecule has 1 fully saturated rings. The topological polar surface area (TPSA) is 24.5 Å². The largest absolute Gasteiger partial charge is 0.492 e. The molecular weight excluding hydrogens is 363 g/mol. The van der Waals surface area contributed by atoms with Crippen LogP contribution < -0.4 is 10.1 Å². The normalized spacial score (nSPS) is 18.8. The number of ether oxygens (including phenoxy) is 1. The fourth-order valence-electron chi connectivity index (χ4n) is 2.25. The molecule has 1 aliphatic heterocycles. The molecule has 0 aromatic heterocycles. The van der Waals surface area contributed by atoms with Crippen molar-refractivity contribution in [3.63, 3.8) is 0 Å². The first-order valence-corrected chi connectivity index (χ1v) is 7.38. The van der Waals surface area contributed by atoms with Crippen LogP contribution in [0.4, 0.5) is 0 Å². The van der Waals surface area contributed by atoms with Crippen molar-refractivity contribution in [1.82, 2.24) is 10.2 Å². The molecule has 6 heteroatoms. The molecule has 0 bridgehead atoms. The number of piperazine rings is 1. The Morgan fingerprint density at radius 3 is 2.80 bits per heavy atom. The summed E-state index contributed by atoms with van der Waals surface area (Å²) in [5.74, 6) is 0.936. The Labute approximate surface area is 142 Å². The van der Waals surface area contributed by atoms with Gasteiger partial charge in [0.25, 0.3) is 0 Å². The number of nitrogens with one attached hydrogen (secondary N) is 1. The van der Waals surface area contributed by atoms with Crippen LogP contribution in [0.3, 0.4) is 0 Å². The maximum atomic E-state index is 5.77. The van der Waals surface area contributed by atoms with Gasteiger partial charge in [0.05, 0.1) is 11.1 Å². The maximum Gasteiger partial charge on any atom is 0.133 e. The van der Waals surface area contributed by atoms with E-state index in [1.165, 1.54) is 0 Å². The second-order valence-corrected chi connectivity index (χ2v) is 5.64. The summed E-state index contributed by atoms with van der Waals surface area (Å²) in [5, 5.41) is 3.46. The molecule has 0 saturated carbocycles. The Kier molecular flexibility index (Phi) is 10.7. The summed E-state index contributed by atoms with van der Waals surface area (Å²) in [6, 6.07) is 8.62. The second-order valence-electron chi connectivity index (χ2n) is 4.79. The van der Waals surface area contributed by atoms with E-state index in [-0.39, 0.29) is 24.8 Å². The van der Waals surface area contributed by atoms with Gasteiger partial charge in [-0.25, -0.2) is 0 Å². The highest BCUT2D eigenvalue weighted by Gasteiger charge is 2.14. The summed E-state index contributed by atoms with van der Waals surface area (Å²) >= 11 is 3.49. The predicted octanol–water partition coefficient (Wildman–Crippen LogP) is 3.36. The average molecular weight is 386 g/mol. The number of halogens is 3. The van der Waals surface area contributed by atoms with E-state index in [1.807, 2.05) is 24.3 Å². The first kappa shape index (κ1) is 20.0. The number of para-hydroxylation sites is 1. The summed E-state index contributed by atoms with van der Waals surface area (Å²) in [6.07, 6.45) is 1.08. The van der Waals surface area contributed by atoms with Crippen LogP contribution in [0.1, 0.15) is 13.3 Å². The zero-order chi connectivity index (χ0) is 12.8. The van der Waals surface area contributed by atoms with Crippen LogP contribution in [0, 0.1) is 0 Å². The van der Waals surface area contributed by atoms with Crippen molar-refractivity contribution >= 4 is 40.7 Å². The van der Waals surface area contributed by atoms with Gasteiger partial charge >= 0.3 is 0 Å². The summed E-state index contributed by atoms with van der Waals surface area (Å²) in [6.45, 7) is 7.54. The van der Waals surface area contributed by atoms with Gasteiger partial charge in [0.15, 0.2) is 0 Å². The molecule has 2 rings (SSSR count). The summed E-state index contributed by atoms with van der Waals surface area (Å²) in [5.41, 5.74) is 0. The van der Waals surface area contributed by atoms with E-state index < -0.39 is 0 Å². The predicted molar refractivity (Wildman–Crippen MR) is 92.7 cm³/mol. The van der Waals surface area contributed by atoms with E-state index in [0.717, 1.165) is 49.4 Å². The summed E-state index contributed by atoms with van der Waals surface area (Å²) < 4.78 is 6.79. The standard InChI is InChI=1S/C14H21BrN2O.2ClH/c1-12-11-17(9-7-16-12)8-4-10-18-14-6-3-2-5-13(14)15;;/h2-3,5-6,12,16H,4,7-11H2,1H3;2*1H/t12-;;/m0../s1. The van der Waals surface area contributed by atoms with Crippen LogP contribution in [0.2, 0.25) is 0 Å². The minimum atomic E-state index is 0. The molecule has 20 heavy (non-hydrogen) atoms. The molecular formula is C14H23BrCl2N2O. The third-order valence-corrected chi connectivity index (χ3v) is 3.82. The quantitative estimate of drug-likeness (QED) is 0.786. The molecule has 0 radical (unpaired) electrons. The Morgan fingerprint density at radius 2 is 2.10 bits per heavy atom. The number of rotatable bonds is 5. The van der Waals surface area contributed by atoms with Crippen LogP contribution in [0.15, 0.2) is 28.7 Å². The number of benzene rings is 1. The highest BCUT2D eigenvalue weighted by molar-refractivity contribution is 9.10. The highest BCUT2D eigenvalue weighted by Crippen LogP contribution is 2.23. The van der Waals surface area contributed by atoms with Crippen LogP contribution in [0.25, 0.3) is 0 Å². The third-order valence-electron chi connectivity index (χ3n) is 3.17. The van der Waals surface area contributed by atoms with Crippen molar-refractivity contribution in [2.75, 3.05) is 32.8 Å². The van der Waals surface area contributed by atoms with E-state index in [2.05, 4.69) is 33.1 Å². The van der Waals surface area contributed by atoms with Gasteiger partial charge in [-0.3, -0.25) is 0 Å². The second kappa shape index (κ2) is 10.7. The molecule has 0 spiro atoms. The van der Waals surface area contributed by atoms with Crippen molar-refractivity contribution in [3.8, 4) is 5.75 Å². The molecule has 116 valence electrons. The van der Waals surface area contributed by atoms with E-state index in [9.17, 15) is 0 Å². The van der Waals surface area contributed by atoms with Crippen molar-refractivity contribution in [3.05, 3.63) is 28.7 Å². The van der Waals surface area contributed by atoms with Crippen LogP contribution in [-0.2, 0) is 0 Å². The van der Waals surface area contributed by atoms with E-state index in [1.54, 1.807) is 0 Å². The molecule has 3 nitrogen and oxygen atoms in total. The number of hydrogen-bond acceptors (Lipinski definition) is 3. The first-order chi connectivity index (χ1) is 8.75. The third kappa shape index (κ3) is 6.64. The lowest BCUT2D eigenvalue weighted by Gasteiger charge is -2.31. The number of hydrogen-bond donors (Lipinski definition) is 1. The monoisotopic (exact) mass is 384 g/mol. The molecule has 1 aromatic rings. The van der Waals surface area contributed by atoms with Crippen molar-refractivity contribution < 1.29 is 4.74 Å². The summed E-state index contributed by atoms with van der Waals surface area (Å²) in [4.78, 5) is 2.50. The smallest absolute Gasteiger partial charge is 0.133 e. The summed E-state index contributed by atoms with van der Waals surface area (Å²) in [7, 11) is 0. The lowest BCUT2D eigenvalue weighted by molar-refractivity contribution is 0.189. The lowest BCUT2D eigenvalue weighted by atomic mass is 10.2. The van der Waals surface area contributed by atoms with Crippen molar-refractivity contribution in [1.29, 1.82) is 0 Å². The molecule has 1 aromatic carbocycles. The van der Waals surface area contributed by atoms with Crippen LogP contribution in [0.5, 0.6) is 5.75 Å². The fourth-order valence-corrected chi connectivity index (χ4v) is 2.65. The Balaban J connectivity index is 0.00000180. The van der Waals surface area contributed by atoms with Gasteiger partial charge in [0.2, 0.25) is 0 Å². The Bertz CT molecular complexity index is 382. The van der Waals surface area contributed by atoms with Gasteiger partial charge in [0, 0.05) is 32.2 Å². The lowest BCUT2D eigenvalue weighted by Crippen LogP contribution is -2.49. The van der Waals surface area contributed by atoms with E-state index >= 15 is 0 Å². The molecule has 1 N–H and O–H groups in total. The molecule has 0 aliphatic carbocycles. The van der Waals surface area contributed by atoms with E-state index in [4.69, 9.17) is 4.74 Å². The first-order valence-electron chi connectivity index (χ1n) is 6.59. The van der Waals surface area contributed by atoms with Crippen molar-refractivity contribution in [2.45, 2.75) is 19.4 Å².